The zero-order valence-electron chi connectivity index (χ0n) is 23.4. The zero-order valence-corrected chi connectivity index (χ0v) is 23.4. The smallest absolute Gasteiger partial charge is 0.389 e. The van der Waals surface area contributed by atoms with Gasteiger partial charge in [0.05, 0.1) is 13.2 Å². The predicted octanol–water partition coefficient (Wildman–Crippen LogP) is 4.74. The van der Waals surface area contributed by atoms with E-state index in [0.717, 1.165) is 12.8 Å². The van der Waals surface area contributed by atoms with Crippen LogP contribution in [0, 0.1) is 5.92 Å². The van der Waals surface area contributed by atoms with Crippen molar-refractivity contribution in [1.29, 1.82) is 0 Å². The molecule has 0 spiro atoms. The highest BCUT2D eigenvalue weighted by atomic mass is 19.4. The number of hydrogen-bond donors (Lipinski definition) is 1. The van der Waals surface area contributed by atoms with Crippen molar-refractivity contribution >= 4 is 17.8 Å². The van der Waals surface area contributed by atoms with E-state index in [1.165, 1.54) is 26.3 Å². The van der Waals surface area contributed by atoms with E-state index in [1.807, 2.05) is 6.92 Å². The Hall–Kier alpha value is -3.09. The van der Waals surface area contributed by atoms with Crippen molar-refractivity contribution in [2.45, 2.75) is 96.6 Å². The minimum Gasteiger partial charge on any atom is -0.493 e. The Bertz CT molecular complexity index is 976. The lowest BCUT2D eigenvalue weighted by Gasteiger charge is -2.31. The van der Waals surface area contributed by atoms with Gasteiger partial charge < -0.3 is 29.0 Å². The van der Waals surface area contributed by atoms with Crippen molar-refractivity contribution in [3.05, 3.63) is 18.0 Å². The number of nitrogens with zero attached hydrogens (tertiary/aromatic N) is 1. The second-order valence-corrected chi connectivity index (χ2v) is 9.62. The van der Waals surface area contributed by atoms with Crippen LogP contribution in [0.2, 0.25) is 0 Å². The molecule has 10 nitrogen and oxygen atoms in total. The molecule has 13 heteroatoms. The fourth-order valence-electron chi connectivity index (χ4n) is 4.51. The molecule has 1 saturated heterocycles. The summed E-state index contributed by atoms with van der Waals surface area (Å²) in [4.78, 5) is 41.5. The molecule has 226 valence electrons. The summed E-state index contributed by atoms with van der Waals surface area (Å²) in [5, 5.41) is 2.65. The quantitative estimate of drug-likeness (QED) is 0.202. The summed E-state index contributed by atoms with van der Waals surface area (Å²) in [6, 6.07) is 0.446. The average molecular weight is 577 g/mol. The van der Waals surface area contributed by atoms with E-state index in [1.54, 1.807) is 6.92 Å². The van der Waals surface area contributed by atoms with Gasteiger partial charge in [0, 0.05) is 38.1 Å². The first-order valence-corrected chi connectivity index (χ1v) is 13.5. The number of aromatic nitrogens is 1. The number of amides is 1. The summed E-state index contributed by atoms with van der Waals surface area (Å²) in [6.45, 7) is 4.42. The van der Waals surface area contributed by atoms with Crippen molar-refractivity contribution < 1.29 is 51.2 Å². The number of carbonyl (C=O) groups is 3. The van der Waals surface area contributed by atoms with Crippen LogP contribution in [-0.2, 0) is 23.8 Å². The first kappa shape index (κ1) is 33.1. The van der Waals surface area contributed by atoms with Crippen LogP contribution in [0.3, 0.4) is 0 Å². The number of carbonyl (C=O) groups excluding carboxylic acids is 3. The Balaban J connectivity index is 2.16. The van der Waals surface area contributed by atoms with Crippen molar-refractivity contribution in [3.8, 4) is 11.5 Å². The van der Waals surface area contributed by atoms with Gasteiger partial charge in [-0.3, -0.25) is 9.59 Å². The van der Waals surface area contributed by atoms with E-state index in [4.69, 9.17) is 23.7 Å². The summed E-state index contributed by atoms with van der Waals surface area (Å²) < 4.78 is 64.9. The van der Waals surface area contributed by atoms with Crippen LogP contribution >= 0.6 is 0 Å². The molecule has 0 radical (unpaired) electrons. The number of esters is 2. The molecule has 0 bridgehead atoms. The van der Waals surface area contributed by atoms with E-state index in [2.05, 4.69) is 10.3 Å². The van der Waals surface area contributed by atoms with E-state index < -0.39 is 55.5 Å². The number of nitrogens with one attached hydrogen (secondary N) is 1. The number of halogens is 3. The molecule has 0 aliphatic carbocycles. The lowest BCUT2D eigenvalue weighted by Crippen LogP contribution is -2.43. The maximum absolute atomic E-state index is 13.2. The van der Waals surface area contributed by atoms with Gasteiger partial charge >= 0.3 is 18.1 Å². The highest BCUT2D eigenvalue weighted by Crippen LogP contribution is 2.31. The SMILES string of the molecule is CCCC[C@H]1[C@H](C)OC(=O)C(NC(=O)c2nccc(OC)c2OCOC(C)=O)CCC[C@@H]1OCCCC(F)(F)F. The minimum absolute atomic E-state index is 0.0503. The van der Waals surface area contributed by atoms with Crippen LogP contribution in [0.25, 0.3) is 0 Å². The Morgan fingerprint density at radius 3 is 2.62 bits per heavy atom. The third-order valence-electron chi connectivity index (χ3n) is 6.55. The first-order valence-electron chi connectivity index (χ1n) is 13.5. The van der Waals surface area contributed by atoms with Gasteiger partial charge in [0.1, 0.15) is 12.1 Å². The summed E-state index contributed by atoms with van der Waals surface area (Å²) in [5.41, 5.74) is -0.182. The van der Waals surface area contributed by atoms with Gasteiger partial charge in [0.2, 0.25) is 6.79 Å². The van der Waals surface area contributed by atoms with Crippen LogP contribution < -0.4 is 14.8 Å². The molecule has 1 amide bonds. The van der Waals surface area contributed by atoms with E-state index in [-0.39, 0.29) is 42.6 Å². The van der Waals surface area contributed by atoms with Gasteiger partial charge in [-0.25, -0.2) is 9.78 Å². The zero-order chi connectivity index (χ0) is 29.7. The molecule has 1 unspecified atom stereocenters. The number of unbranched alkanes of at least 4 members (excludes halogenated alkanes) is 1. The molecule has 0 aromatic carbocycles. The molecule has 1 N–H and O–H groups in total. The number of rotatable bonds is 13. The van der Waals surface area contributed by atoms with E-state index >= 15 is 0 Å². The summed E-state index contributed by atoms with van der Waals surface area (Å²) in [6.07, 6.45) is -1.39. The second-order valence-electron chi connectivity index (χ2n) is 9.62. The van der Waals surface area contributed by atoms with Crippen LogP contribution in [-0.4, -0.2) is 67.8 Å². The van der Waals surface area contributed by atoms with Crippen LogP contribution in [0.1, 0.15) is 82.6 Å². The Kier molecular flexibility index (Phi) is 13.4. The molecule has 1 aliphatic rings. The van der Waals surface area contributed by atoms with Crippen LogP contribution in [0.5, 0.6) is 11.5 Å². The van der Waals surface area contributed by atoms with Crippen molar-refractivity contribution in [3.63, 3.8) is 0 Å². The molecule has 2 rings (SSSR count). The van der Waals surface area contributed by atoms with Crippen LogP contribution in [0.15, 0.2) is 12.3 Å². The maximum Gasteiger partial charge on any atom is 0.389 e. The highest BCUT2D eigenvalue weighted by molar-refractivity contribution is 5.98. The predicted molar refractivity (Wildman–Crippen MR) is 137 cm³/mol. The average Bonchev–Trinajstić information content (AvgIpc) is 2.93. The standard InChI is InChI=1S/C27H39F3N2O8/c1-5-6-9-19-17(2)40-26(35)20(10-7-11-21(19)37-15-8-13-27(28,29)30)32-25(34)23-24(39-16-38-18(3)33)22(36-4)12-14-31-23/h12,14,17,19-21H,5-11,13,15-16H2,1-4H3,(H,32,34)/t17-,19-,20?,21-/m0/s1. The van der Waals surface area contributed by atoms with Crippen molar-refractivity contribution in [1.82, 2.24) is 10.3 Å². The topological polar surface area (TPSA) is 122 Å². The molecule has 1 aromatic heterocycles. The molecule has 40 heavy (non-hydrogen) atoms. The van der Waals surface area contributed by atoms with E-state index in [0.29, 0.717) is 19.3 Å². The number of hydrogen-bond acceptors (Lipinski definition) is 9. The molecule has 0 saturated carbocycles. The minimum atomic E-state index is -4.25. The molecule has 2 heterocycles. The van der Waals surface area contributed by atoms with Crippen molar-refractivity contribution in [2.75, 3.05) is 20.5 Å². The highest BCUT2D eigenvalue weighted by Gasteiger charge is 2.35. The first-order chi connectivity index (χ1) is 19.0. The summed E-state index contributed by atoms with van der Waals surface area (Å²) in [7, 11) is 1.36. The summed E-state index contributed by atoms with van der Waals surface area (Å²) in [5.74, 6) is -2.05. The summed E-state index contributed by atoms with van der Waals surface area (Å²) >= 11 is 0. The molecular weight excluding hydrogens is 537 g/mol. The Morgan fingerprint density at radius 2 is 1.98 bits per heavy atom. The Labute approximate surface area is 232 Å². The monoisotopic (exact) mass is 576 g/mol. The number of cyclic esters (lactones) is 1. The molecule has 1 aliphatic heterocycles. The molecule has 1 aromatic rings. The van der Waals surface area contributed by atoms with Gasteiger partial charge in [-0.1, -0.05) is 19.8 Å². The van der Waals surface area contributed by atoms with Gasteiger partial charge in [-0.15, -0.1) is 0 Å². The van der Waals surface area contributed by atoms with E-state index in [9.17, 15) is 27.6 Å². The molecule has 1 fully saturated rings. The fraction of sp³-hybridized carbons (Fsp3) is 0.704. The maximum atomic E-state index is 13.2. The van der Waals surface area contributed by atoms with Gasteiger partial charge in [0.15, 0.2) is 17.2 Å². The number of alkyl halides is 3. The number of pyridine rings is 1. The van der Waals surface area contributed by atoms with Gasteiger partial charge in [-0.2, -0.15) is 13.2 Å². The number of methoxy groups -OCH3 is 1. The number of ether oxygens (including phenoxy) is 5. The normalized spacial score (nSPS) is 21.8. The van der Waals surface area contributed by atoms with Gasteiger partial charge in [-0.05, 0) is 39.0 Å². The second kappa shape index (κ2) is 16.2. The van der Waals surface area contributed by atoms with Crippen LogP contribution in [0.4, 0.5) is 13.2 Å². The third-order valence-corrected chi connectivity index (χ3v) is 6.55. The lowest BCUT2D eigenvalue weighted by molar-refractivity contribution is -0.157. The molecular formula is C27H39F3N2O8. The van der Waals surface area contributed by atoms with Crippen molar-refractivity contribution in [2.24, 2.45) is 5.92 Å². The third kappa shape index (κ3) is 10.8. The largest absolute Gasteiger partial charge is 0.493 e. The van der Waals surface area contributed by atoms with Gasteiger partial charge in [0.25, 0.3) is 5.91 Å². The fourth-order valence-corrected chi connectivity index (χ4v) is 4.51. The molecule has 4 atom stereocenters. The Morgan fingerprint density at radius 1 is 1.23 bits per heavy atom. The lowest BCUT2D eigenvalue weighted by atomic mass is 9.88.